The average molecular weight is 735 g/mol. The summed E-state index contributed by atoms with van der Waals surface area (Å²) in [6, 6.07) is 6.18. The van der Waals surface area contributed by atoms with Gasteiger partial charge < -0.3 is 9.88 Å². The number of aryl methyl sites for hydroxylation is 1. The molecular formula is C44H71ClF3N3. The molecule has 0 spiro atoms. The van der Waals surface area contributed by atoms with Crippen LogP contribution in [0.1, 0.15) is 144 Å². The van der Waals surface area contributed by atoms with Crippen molar-refractivity contribution in [1.29, 1.82) is 0 Å². The summed E-state index contributed by atoms with van der Waals surface area (Å²) < 4.78 is 33.2. The zero-order chi connectivity index (χ0) is 39.4. The number of nitrogens with one attached hydrogen (secondary N) is 1. The average Bonchev–Trinajstić information content (AvgIpc) is 3.44. The zero-order valence-corrected chi connectivity index (χ0v) is 34.8. The highest BCUT2D eigenvalue weighted by atomic mass is 35.5. The Hall–Kier alpha value is -2.83. The number of aromatic nitrogens is 1. The number of allylic oxidation sites excluding steroid dienone is 7. The molecule has 2 rings (SSSR count). The molecule has 0 aliphatic rings. The van der Waals surface area contributed by atoms with Gasteiger partial charge in [0.25, 0.3) is 0 Å². The van der Waals surface area contributed by atoms with Crippen LogP contribution in [0.5, 0.6) is 0 Å². The number of H-pyrrole nitrogens is 1. The van der Waals surface area contributed by atoms with Gasteiger partial charge in [-0.1, -0.05) is 122 Å². The van der Waals surface area contributed by atoms with E-state index in [9.17, 15) is 13.2 Å². The topological polar surface area (TPSA) is 31.4 Å². The predicted octanol–water partition coefficient (Wildman–Crippen LogP) is 15.2. The lowest BCUT2D eigenvalue weighted by Gasteiger charge is -2.15. The third kappa shape index (κ3) is 23.4. The van der Waals surface area contributed by atoms with Gasteiger partial charge in [0, 0.05) is 45.0 Å². The molecule has 7 heteroatoms. The third-order valence-electron chi connectivity index (χ3n) is 8.00. The molecule has 0 fully saturated rings. The van der Waals surface area contributed by atoms with Gasteiger partial charge in [-0.2, -0.15) is 13.2 Å². The molecule has 2 aromatic rings. The van der Waals surface area contributed by atoms with Crippen molar-refractivity contribution >= 4 is 28.2 Å². The molecule has 0 bridgehead atoms. The van der Waals surface area contributed by atoms with Crippen LogP contribution in [0.3, 0.4) is 0 Å². The first kappa shape index (κ1) is 50.3. The molecule has 51 heavy (non-hydrogen) atoms. The molecule has 0 aliphatic heterocycles. The Morgan fingerprint density at radius 3 is 2.04 bits per heavy atom. The maximum absolute atomic E-state index is 11.1. The van der Waals surface area contributed by atoms with Crippen LogP contribution in [-0.2, 0) is 6.42 Å². The number of hydrogen-bond donors (Lipinski definition) is 1. The zero-order valence-electron chi connectivity index (χ0n) is 34.0. The first-order chi connectivity index (χ1) is 24.1. The van der Waals surface area contributed by atoms with Crippen LogP contribution >= 0.6 is 11.6 Å². The van der Waals surface area contributed by atoms with Gasteiger partial charge in [0.05, 0.1) is 0 Å². The van der Waals surface area contributed by atoms with Crippen LogP contribution in [0, 0.1) is 0 Å². The van der Waals surface area contributed by atoms with Gasteiger partial charge in [-0.05, 0) is 115 Å². The van der Waals surface area contributed by atoms with Crippen molar-refractivity contribution in [2.75, 3.05) is 20.1 Å². The van der Waals surface area contributed by atoms with Crippen LogP contribution in [0.15, 0.2) is 83.6 Å². The number of fused-ring (bicyclic) bond motifs is 1. The lowest BCUT2D eigenvalue weighted by atomic mass is 9.90. The predicted molar refractivity (Wildman–Crippen MR) is 224 cm³/mol. The number of rotatable bonds is 17. The highest BCUT2D eigenvalue weighted by Crippen LogP contribution is 2.35. The van der Waals surface area contributed by atoms with E-state index >= 15 is 0 Å². The van der Waals surface area contributed by atoms with Crippen molar-refractivity contribution in [3.8, 4) is 0 Å². The molecule has 1 aromatic heterocycles. The SMILES string of the molecule is C/C=C\N=C(C)CCC.C=C(/C=C\C(=C/CCC)[C@H](C)c1[nH]c2ccc(Cl)cc2c1CCCC)CC.C=C(C)C(F)(F)F.CCCN(C)CCC. The standard InChI is InChI=1S/C25H34ClN.C8H15N.C7H17N.C4H5F3/c1-6-9-11-20(14-13-18(4)8-3)19(5)25-22(12-10-7-2)23-17-21(26)15-16-24(23)27-25;1-4-6-8(3)9-7-5-2;1-4-6-8(3)7-5-2;1-3(2)4(5,6)7/h11,13-17,19,27H,4,6-10,12H2,1-3,5H3;5,7H,4,6H2,1-3H3;4-7H2,1-3H3;1H2,2H3/b14-13-,20-11+;7-5-,9-8?;;/t19-;;;/m0.../s1. The van der Waals surface area contributed by atoms with Gasteiger partial charge in [-0.3, -0.25) is 4.99 Å². The summed E-state index contributed by atoms with van der Waals surface area (Å²) in [6.07, 6.45) is 18.0. The minimum atomic E-state index is -4.19. The van der Waals surface area contributed by atoms with Crippen LogP contribution in [0.2, 0.25) is 5.02 Å². The van der Waals surface area contributed by atoms with Gasteiger partial charge in [-0.15, -0.1) is 0 Å². The number of benzene rings is 1. The third-order valence-corrected chi connectivity index (χ3v) is 8.23. The minimum Gasteiger partial charge on any atom is -0.358 e. The summed E-state index contributed by atoms with van der Waals surface area (Å²) in [5.41, 5.74) is 6.93. The first-order valence-electron chi connectivity index (χ1n) is 19.0. The summed E-state index contributed by atoms with van der Waals surface area (Å²) in [5, 5.41) is 2.08. The van der Waals surface area contributed by atoms with Crippen molar-refractivity contribution < 1.29 is 13.2 Å². The number of hydrogen-bond acceptors (Lipinski definition) is 2. The largest absolute Gasteiger partial charge is 0.411 e. The maximum atomic E-state index is 11.1. The van der Waals surface area contributed by atoms with Crippen molar-refractivity contribution in [2.24, 2.45) is 4.99 Å². The summed E-state index contributed by atoms with van der Waals surface area (Å²) in [5.74, 6) is 0.315. The number of aliphatic imine (C=N–C) groups is 1. The van der Waals surface area contributed by atoms with E-state index < -0.39 is 11.7 Å². The first-order valence-corrected chi connectivity index (χ1v) is 19.4. The Kier molecular flexibility index (Phi) is 29.3. The Bertz CT molecular complexity index is 1360. The van der Waals surface area contributed by atoms with E-state index in [0.29, 0.717) is 5.92 Å². The Balaban J connectivity index is 0. The summed E-state index contributed by atoms with van der Waals surface area (Å²) in [7, 11) is 2.17. The molecule has 1 aromatic carbocycles. The Morgan fingerprint density at radius 1 is 0.961 bits per heavy atom. The van der Waals surface area contributed by atoms with Crippen molar-refractivity contribution in [3.63, 3.8) is 0 Å². The van der Waals surface area contributed by atoms with Crippen LogP contribution in [-0.4, -0.2) is 41.9 Å². The Labute approximate surface area is 315 Å². The van der Waals surface area contributed by atoms with E-state index in [1.54, 1.807) is 0 Å². The Morgan fingerprint density at radius 2 is 1.57 bits per heavy atom. The van der Waals surface area contributed by atoms with Gasteiger partial charge in [-0.25, -0.2) is 0 Å². The maximum Gasteiger partial charge on any atom is 0.411 e. The molecular weight excluding hydrogens is 663 g/mol. The molecule has 1 N–H and O–H groups in total. The number of alkyl halides is 3. The summed E-state index contributed by atoms with van der Waals surface area (Å²) in [4.78, 5) is 10.2. The number of unbranched alkanes of at least 4 members (excludes halogenated alkanes) is 2. The van der Waals surface area contributed by atoms with Gasteiger partial charge in [0.1, 0.15) is 0 Å². The van der Waals surface area contributed by atoms with Crippen molar-refractivity contribution in [2.45, 2.75) is 146 Å². The fourth-order valence-corrected chi connectivity index (χ4v) is 5.11. The lowest BCUT2D eigenvalue weighted by Crippen LogP contribution is -2.19. The van der Waals surface area contributed by atoms with Crippen LogP contribution < -0.4 is 0 Å². The van der Waals surface area contributed by atoms with Gasteiger partial charge >= 0.3 is 6.18 Å². The van der Waals surface area contributed by atoms with E-state index in [1.165, 1.54) is 84.2 Å². The lowest BCUT2D eigenvalue weighted by molar-refractivity contribution is -0.0909. The van der Waals surface area contributed by atoms with Gasteiger partial charge in [0.2, 0.25) is 0 Å². The van der Waals surface area contributed by atoms with E-state index in [1.807, 2.05) is 25.3 Å². The van der Waals surface area contributed by atoms with E-state index in [0.717, 1.165) is 44.1 Å². The highest BCUT2D eigenvalue weighted by molar-refractivity contribution is 6.31. The molecule has 0 saturated heterocycles. The molecule has 290 valence electrons. The molecule has 0 radical (unpaired) electrons. The second kappa shape index (κ2) is 29.7. The fraction of sp³-hybridized carbons (Fsp3) is 0.568. The smallest absolute Gasteiger partial charge is 0.358 e. The summed E-state index contributed by atoms with van der Waals surface area (Å²) >= 11 is 6.30. The van der Waals surface area contributed by atoms with Crippen LogP contribution in [0.25, 0.3) is 10.9 Å². The highest BCUT2D eigenvalue weighted by Gasteiger charge is 2.27. The van der Waals surface area contributed by atoms with Gasteiger partial charge in [0.15, 0.2) is 0 Å². The monoisotopic (exact) mass is 734 g/mol. The normalized spacial score (nSPS) is 12.7. The van der Waals surface area contributed by atoms with Crippen molar-refractivity contribution in [1.82, 2.24) is 9.88 Å². The van der Waals surface area contributed by atoms with E-state index in [4.69, 9.17) is 11.6 Å². The summed E-state index contributed by atoms with van der Waals surface area (Å²) in [6.45, 7) is 29.8. The van der Waals surface area contributed by atoms with E-state index in [-0.39, 0.29) is 0 Å². The van der Waals surface area contributed by atoms with E-state index in [2.05, 4.69) is 121 Å². The second-order valence-corrected chi connectivity index (χ2v) is 13.5. The minimum absolute atomic E-state index is 0.315. The van der Waals surface area contributed by atoms with Crippen LogP contribution in [0.4, 0.5) is 13.2 Å². The molecule has 0 saturated carbocycles. The molecule has 0 unspecified atom stereocenters. The molecule has 1 heterocycles. The number of halogens is 4. The van der Waals surface area contributed by atoms with Crippen molar-refractivity contribution in [3.05, 3.63) is 94.9 Å². The number of nitrogens with zero attached hydrogens (tertiary/aromatic N) is 2. The quantitative estimate of drug-likeness (QED) is 0.0979. The number of aromatic amines is 1. The second-order valence-electron chi connectivity index (χ2n) is 13.0. The molecule has 1 atom stereocenters. The molecule has 0 amide bonds. The molecule has 0 aliphatic carbocycles. The fourth-order valence-electron chi connectivity index (χ4n) is 4.94. The molecule has 3 nitrogen and oxygen atoms in total.